The van der Waals surface area contributed by atoms with Gasteiger partial charge in [0, 0.05) is 33.9 Å². The number of hydrogen-bond donors (Lipinski definition) is 2. The molecule has 1 aliphatic rings. The zero-order valence-corrected chi connectivity index (χ0v) is 18.0. The van der Waals surface area contributed by atoms with E-state index in [-0.39, 0.29) is 23.0 Å². The fraction of sp³-hybridized carbons (Fsp3) is 0.391. The minimum atomic E-state index is -0.155. The van der Waals surface area contributed by atoms with Gasteiger partial charge in [-0.3, -0.25) is 9.20 Å². The van der Waals surface area contributed by atoms with Gasteiger partial charge in [0.2, 0.25) is 5.82 Å². The van der Waals surface area contributed by atoms with Crippen LogP contribution in [0.3, 0.4) is 0 Å². The number of carbonyl (C=O) groups is 1. The summed E-state index contributed by atoms with van der Waals surface area (Å²) >= 11 is 6.18. The summed E-state index contributed by atoms with van der Waals surface area (Å²) in [5.41, 5.74) is 2.44. The van der Waals surface area contributed by atoms with Crippen LogP contribution in [0, 0.1) is 0 Å². The smallest absolute Gasteiger partial charge is 0.287 e. The minimum absolute atomic E-state index is 0.0414. The molecule has 0 aliphatic carbocycles. The van der Waals surface area contributed by atoms with Crippen LogP contribution in [0.2, 0.25) is 5.02 Å². The van der Waals surface area contributed by atoms with Crippen molar-refractivity contribution in [3.8, 4) is 11.3 Å². The van der Waals surface area contributed by atoms with Crippen molar-refractivity contribution in [1.82, 2.24) is 20.0 Å². The Labute approximate surface area is 176 Å². The van der Waals surface area contributed by atoms with E-state index in [2.05, 4.69) is 38.3 Å². The van der Waals surface area contributed by atoms with Crippen LogP contribution in [0.4, 0.5) is 0 Å². The lowest BCUT2D eigenvalue weighted by Gasteiger charge is -2.46. The van der Waals surface area contributed by atoms with Gasteiger partial charge in [-0.25, -0.2) is 4.98 Å². The van der Waals surface area contributed by atoms with E-state index >= 15 is 0 Å². The second-order valence-electron chi connectivity index (χ2n) is 9.22. The van der Waals surface area contributed by atoms with E-state index < -0.39 is 0 Å². The summed E-state index contributed by atoms with van der Waals surface area (Å²) in [4.78, 5) is 17.9. The Balaban J connectivity index is 1.68. The summed E-state index contributed by atoms with van der Waals surface area (Å²) in [6, 6.07) is 13.5. The quantitative estimate of drug-likeness (QED) is 0.658. The van der Waals surface area contributed by atoms with Crippen LogP contribution in [0.1, 0.15) is 51.2 Å². The van der Waals surface area contributed by atoms with Crippen molar-refractivity contribution in [2.45, 2.75) is 57.7 Å². The number of imidazole rings is 1. The number of piperidine rings is 1. The van der Waals surface area contributed by atoms with E-state index in [0.717, 1.165) is 29.6 Å². The first-order valence-corrected chi connectivity index (χ1v) is 10.3. The number of nitrogens with zero attached hydrogens (tertiary/aromatic N) is 2. The molecule has 1 amide bonds. The first-order valence-electron chi connectivity index (χ1n) is 9.97. The number of pyridine rings is 1. The second kappa shape index (κ2) is 7.15. The van der Waals surface area contributed by atoms with Crippen LogP contribution < -0.4 is 10.6 Å². The van der Waals surface area contributed by atoms with Crippen LogP contribution in [-0.2, 0) is 0 Å². The average molecular weight is 411 g/mol. The minimum Gasteiger partial charge on any atom is -0.346 e. The molecule has 4 rings (SSSR count). The van der Waals surface area contributed by atoms with E-state index in [1.54, 1.807) is 0 Å². The van der Waals surface area contributed by atoms with Crippen LogP contribution >= 0.6 is 11.6 Å². The number of carbonyl (C=O) groups excluding carboxylic acids is 1. The van der Waals surface area contributed by atoms with Crippen molar-refractivity contribution in [2.75, 3.05) is 0 Å². The summed E-state index contributed by atoms with van der Waals surface area (Å²) < 4.78 is 1.85. The molecule has 2 N–H and O–H groups in total. The SMILES string of the molecule is CC1(C)CC(NC(=O)c2nc(-c3cccc(Cl)c3)c3ccccn23)CC(C)(C)N1. The Hall–Kier alpha value is -2.37. The predicted molar refractivity (Wildman–Crippen MR) is 117 cm³/mol. The number of aromatic nitrogens is 2. The van der Waals surface area contributed by atoms with Crippen LogP contribution in [0.25, 0.3) is 16.8 Å². The number of halogens is 1. The summed E-state index contributed by atoms with van der Waals surface area (Å²) in [7, 11) is 0. The van der Waals surface area contributed by atoms with E-state index in [9.17, 15) is 4.79 Å². The van der Waals surface area contributed by atoms with Crippen molar-refractivity contribution < 1.29 is 4.79 Å². The van der Waals surface area contributed by atoms with Gasteiger partial charge >= 0.3 is 0 Å². The van der Waals surface area contributed by atoms with Crippen molar-refractivity contribution in [2.24, 2.45) is 0 Å². The fourth-order valence-electron chi connectivity index (χ4n) is 4.72. The highest BCUT2D eigenvalue weighted by molar-refractivity contribution is 6.30. The van der Waals surface area contributed by atoms with Crippen molar-refractivity contribution >= 4 is 23.0 Å². The molecule has 152 valence electrons. The molecular weight excluding hydrogens is 384 g/mol. The van der Waals surface area contributed by atoms with E-state index in [0.29, 0.717) is 10.8 Å². The molecule has 3 aromatic rings. The fourth-order valence-corrected chi connectivity index (χ4v) is 4.91. The Morgan fingerprint density at radius 3 is 2.55 bits per heavy atom. The summed E-state index contributed by atoms with van der Waals surface area (Å²) in [6.07, 6.45) is 3.61. The third kappa shape index (κ3) is 4.16. The topological polar surface area (TPSA) is 58.4 Å². The van der Waals surface area contributed by atoms with E-state index in [1.807, 2.05) is 53.1 Å². The molecule has 1 saturated heterocycles. The maximum Gasteiger partial charge on any atom is 0.287 e. The number of nitrogens with one attached hydrogen (secondary N) is 2. The molecule has 29 heavy (non-hydrogen) atoms. The number of fused-ring (bicyclic) bond motifs is 1. The molecule has 5 nitrogen and oxygen atoms in total. The van der Waals surface area contributed by atoms with Crippen molar-refractivity contribution in [3.05, 3.63) is 59.5 Å². The molecule has 1 aliphatic heterocycles. The molecule has 0 unspecified atom stereocenters. The molecule has 6 heteroatoms. The summed E-state index contributed by atoms with van der Waals surface area (Å²) in [6.45, 7) is 8.70. The van der Waals surface area contributed by atoms with Gasteiger partial charge in [0.25, 0.3) is 5.91 Å². The normalized spacial score (nSPS) is 18.7. The molecule has 0 saturated carbocycles. The largest absolute Gasteiger partial charge is 0.346 e. The highest BCUT2D eigenvalue weighted by atomic mass is 35.5. The Morgan fingerprint density at radius 2 is 1.86 bits per heavy atom. The van der Waals surface area contributed by atoms with Crippen LogP contribution in [0.5, 0.6) is 0 Å². The van der Waals surface area contributed by atoms with Gasteiger partial charge in [0.15, 0.2) is 0 Å². The number of benzene rings is 1. The second-order valence-corrected chi connectivity index (χ2v) is 9.66. The maximum atomic E-state index is 13.2. The zero-order chi connectivity index (χ0) is 20.8. The van der Waals surface area contributed by atoms with Crippen LogP contribution in [-0.4, -0.2) is 32.4 Å². The highest BCUT2D eigenvalue weighted by Gasteiger charge is 2.38. The summed E-state index contributed by atoms with van der Waals surface area (Å²) in [5, 5.41) is 7.52. The van der Waals surface area contributed by atoms with Gasteiger partial charge in [-0.15, -0.1) is 0 Å². The lowest BCUT2D eigenvalue weighted by atomic mass is 9.79. The Kier molecular flexibility index (Phi) is 4.91. The van der Waals surface area contributed by atoms with E-state index in [4.69, 9.17) is 16.6 Å². The Morgan fingerprint density at radius 1 is 1.14 bits per heavy atom. The van der Waals surface area contributed by atoms with Gasteiger partial charge in [-0.1, -0.05) is 29.8 Å². The van der Waals surface area contributed by atoms with Gasteiger partial charge in [-0.05, 0) is 64.8 Å². The van der Waals surface area contributed by atoms with Gasteiger partial charge in [-0.2, -0.15) is 0 Å². The summed E-state index contributed by atoms with van der Waals surface area (Å²) in [5.74, 6) is 0.239. The lowest BCUT2D eigenvalue weighted by Crippen LogP contribution is -2.62. The zero-order valence-electron chi connectivity index (χ0n) is 17.3. The first-order chi connectivity index (χ1) is 13.6. The van der Waals surface area contributed by atoms with Gasteiger partial charge in [0.05, 0.1) is 11.2 Å². The van der Waals surface area contributed by atoms with E-state index in [1.165, 1.54) is 0 Å². The van der Waals surface area contributed by atoms with Gasteiger partial charge in [0.1, 0.15) is 0 Å². The molecule has 1 fully saturated rings. The molecule has 0 bridgehead atoms. The third-order valence-corrected chi connectivity index (χ3v) is 5.61. The molecule has 3 heterocycles. The van der Waals surface area contributed by atoms with Crippen molar-refractivity contribution in [3.63, 3.8) is 0 Å². The molecule has 0 atom stereocenters. The van der Waals surface area contributed by atoms with Crippen molar-refractivity contribution in [1.29, 1.82) is 0 Å². The Bertz CT molecular complexity index is 1050. The molecule has 0 spiro atoms. The monoisotopic (exact) mass is 410 g/mol. The lowest BCUT2D eigenvalue weighted by molar-refractivity contribution is 0.0862. The average Bonchev–Trinajstić information content (AvgIpc) is 2.99. The standard InChI is InChI=1S/C23H27ClN4O/c1-22(2)13-17(14-23(3,4)27-22)25-21(29)20-26-19(15-8-7-9-16(24)12-15)18-10-5-6-11-28(18)20/h5-12,17,27H,13-14H2,1-4H3,(H,25,29). The first kappa shape index (κ1) is 19.9. The number of rotatable bonds is 3. The van der Waals surface area contributed by atoms with Gasteiger partial charge < -0.3 is 10.6 Å². The molecule has 0 radical (unpaired) electrons. The number of amides is 1. The third-order valence-electron chi connectivity index (χ3n) is 5.37. The van der Waals surface area contributed by atoms with Crippen LogP contribution in [0.15, 0.2) is 48.7 Å². The molecule has 2 aromatic heterocycles. The highest BCUT2D eigenvalue weighted by Crippen LogP contribution is 2.30. The molecular formula is C23H27ClN4O. The maximum absolute atomic E-state index is 13.2. The predicted octanol–water partition coefficient (Wildman–Crippen LogP) is 4.69. The molecule has 1 aromatic carbocycles. The number of hydrogen-bond acceptors (Lipinski definition) is 3.